The molecule has 1 aliphatic carbocycles. The van der Waals surface area contributed by atoms with Crippen LogP contribution in [0.25, 0.3) is 0 Å². The first-order valence-electron chi connectivity index (χ1n) is 8.12. The fraction of sp³-hybridized carbons (Fsp3) is 0.471. The number of hydrogen-bond acceptors (Lipinski definition) is 5. The molecule has 6 heteroatoms. The highest BCUT2D eigenvalue weighted by atomic mass is 16.5. The van der Waals surface area contributed by atoms with Crippen molar-refractivity contribution >= 4 is 0 Å². The van der Waals surface area contributed by atoms with Gasteiger partial charge in [0, 0.05) is 24.7 Å². The van der Waals surface area contributed by atoms with Gasteiger partial charge in [-0.2, -0.15) is 5.10 Å². The summed E-state index contributed by atoms with van der Waals surface area (Å²) < 4.78 is 7.21. The lowest BCUT2D eigenvalue weighted by Gasteiger charge is -2.20. The third kappa shape index (κ3) is 3.18. The second-order valence-electron chi connectivity index (χ2n) is 6.23. The zero-order valence-corrected chi connectivity index (χ0v) is 12.9. The molecule has 2 aromatic rings. The number of nitrogens with zero attached hydrogens (tertiary/aromatic N) is 3. The van der Waals surface area contributed by atoms with Gasteiger partial charge in [-0.3, -0.25) is 9.78 Å². The smallest absolute Gasteiger partial charge is 0.267 e. The van der Waals surface area contributed by atoms with Crippen LogP contribution in [-0.4, -0.2) is 34.0 Å². The van der Waals surface area contributed by atoms with E-state index >= 15 is 0 Å². The molecule has 0 bridgehead atoms. The summed E-state index contributed by atoms with van der Waals surface area (Å²) in [5, 5.41) is 8.04. The molecule has 6 nitrogen and oxygen atoms in total. The lowest BCUT2D eigenvalue weighted by atomic mass is 10.1. The molecule has 0 radical (unpaired) electrons. The molecular formula is C17H20N4O2. The Morgan fingerprint density at radius 3 is 2.91 bits per heavy atom. The highest BCUT2D eigenvalue weighted by Gasteiger charge is 2.32. The standard InChI is InChI=1S/C17H20N4O2/c22-17-7-6-14(12-4-5-12)20-21(17)16-11-23-10-15(16)19-9-13-3-1-2-8-18-13/h1-3,6-8,12,15-16,19H,4-5,9-11H2. The minimum atomic E-state index is -0.0649. The maximum atomic E-state index is 12.2. The molecule has 1 aliphatic heterocycles. The number of pyridine rings is 1. The predicted octanol–water partition coefficient (Wildman–Crippen LogP) is 1.25. The third-order valence-corrected chi connectivity index (χ3v) is 4.48. The molecule has 4 rings (SSSR count). The summed E-state index contributed by atoms with van der Waals surface area (Å²) in [7, 11) is 0. The lowest BCUT2D eigenvalue weighted by Crippen LogP contribution is -2.41. The van der Waals surface area contributed by atoms with Crippen LogP contribution in [-0.2, 0) is 11.3 Å². The normalized spacial score (nSPS) is 24.0. The van der Waals surface area contributed by atoms with Crippen LogP contribution in [0.5, 0.6) is 0 Å². The van der Waals surface area contributed by atoms with Gasteiger partial charge in [-0.25, -0.2) is 4.68 Å². The maximum absolute atomic E-state index is 12.2. The SMILES string of the molecule is O=c1ccc(C2CC2)nn1C1COCC1NCc1ccccn1. The van der Waals surface area contributed by atoms with E-state index in [1.54, 1.807) is 16.9 Å². The third-order valence-electron chi connectivity index (χ3n) is 4.48. The quantitative estimate of drug-likeness (QED) is 0.900. The van der Waals surface area contributed by atoms with Gasteiger partial charge in [0.1, 0.15) is 0 Å². The average Bonchev–Trinajstić information content (AvgIpc) is 3.33. The molecule has 2 fully saturated rings. The van der Waals surface area contributed by atoms with Crippen molar-refractivity contribution in [1.82, 2.24) is 20.1 Å². The van der Waals surface area contributed by atoms with Crippen LogP contribution in [0, 0.1) is 0 Å². The molecule has 2 aromatic heterocycles. The first-order valence-corrected chi connectivity index (χ1v) is 8.12. The highest BCUT2D eigenvalue weighted by Crippen LogP contribution is 2.38. The molecule has 3 heterocycles. The topological polar surface area (TPSA) is 69.0 Å². The van der Waals surface area contributed by atoms with Crippen molar-refractivity contribution in [3.63, 3.8) is 0 Å². The Balaban J connectivity index is 1.51. The minimum absolute atomic E-state index is 0.0606. The van der Waals surface area contributed by atoms with E-state index in [2.05, 4.69) is 15.4 Å². The molecule has 2 unspecified atom stereocenters. The van der Waals surface area contributed by atoms with Gasteiger partial charge in [0.05, 0.1) is 36.7 Å². The summed E-state index contributed by atoms with van der Waals surface area (Å²) in [6, 6.07) is 9.35. The van der Waals surface area contributed by atoms with Crippen LogP contribution in [0.4, 0.5) is 0 Å². The van der Waals surface area contributed by atoms with Gasteiger partial charge in [0.2, 0.25) is 0 Å². The van der Waals surface area contributed by atoms with E-state index in [-0.39, 0.29) is 17.6 Å². The van der Waals surface area contributed by atoms with Crippen molar-refractivity contribution in [2.24, 2.45) is 0 Å². The van der Waals surface area contributed by atoms with Gasteiger partial charge in [0.25, 0.3) is 5.56 Å². The van der Waals surface area contributed by atoms with Crippen LogP contribution >= 0.6 is 0 Å². The largest absolute Gasteiger partial charge is 0.377 e. The molecule has 0 amide bonds. The van der Waals surface area contributed by atoms with Crippen LogP contribution in [0.3, 0.4) is 0 Å². The number of aromatic nitrogens is 3. The van der Waals surface area contributed by atoms with Crippen molar-refractivity contribution < 1.29 is 4.74 Å². The molecule has 0 aromatic carbocycles. The Hall–Kier alpha value is -2.05. The van der Waals surface area contributed by atoms with Crippen LogP contribution in [0.2, 0.25) is 0 Å². The first-order chi connectivity index (χ1) is 11.3. The zero-order chi connectivity index (χ0) is 15.6. The molecule has 2 aliphatic rings. The number of ether oxygens (including phenoxy) is 1. The van der Waals surface area contributed by atoms with Crippen molar-refractivity contribution in [2.45, 2.75) is 37.4 Å². The minimum Gasteiger partial charge on any atom is -0.377 e. The Labute approximate surface area is 134 Å². The molecule has 1 N–H and O–H groups in total. The van der Waals surface area contributed by atoms with Gasteiger partial charge in [-0.15, -0.1) is 0 Å². The van der Waals surface area contributed by atoms with E-state index in [0.717, 1.165) is 11.4 Å². The Morgan fingerprint density at radius 1 is 1.22 bits per heavy atom. The van der Waals surface area contributed by atoms with E-state index in [4.69, 9.17) is 4.74 Å². The van der Waals surface area contributed by atoms with Crippen molar-refractivity contribution in [3.8, 4) is 0 Å². The second kappa shape index (κ2) is 6.22. The maximum Gasteiger partial charge on any atom is 0.267 e. The molecular weight excluding hydrogens is 292 g/mol. The van der Waals surface area contributed by atoms with Crippen LogP contribution in [0.1, 0.15) is 36.2 Å². The van der Waals surface area contributed by atoms with Gasteiger partial charge in [0.15, 0.2) is 0 Å². The van der Waals surface area contributed by atoms with Gasteiger partial charge < -0.3 is 10.1 Å². The Bertz CT molecular complexity index is 727. The number of nitrogens with one attached hydrogen (secondary N) is 1. The van der Waals surface area contributed by atoms with Gasteiger partial charge in [-0.1, -0.05) is 6.07 Å². The van der Waals surface area contributed by atoms with E-state index in [0.29, 0.717) is 25.7 Å². The summed E-state index contributed by atoms with van der Waals surface area (Å²) >= 11 is 0. The monoisotopic (exact) mass is 312 g/mol. The first kappa shape index (κ1) is 14.5. The van der Waals surface area contributed by atoms with E-state index < -0.39 is 0 Å². The van der Waals surface area contributed by atoms with Crippen molar-refractivity contribution in [2.75, 3.05) is 13.2 Å². The van der Waals surface area contributed by atoms with E-state index in [9.17, 15) is 4.79 Å². The van der Waals surface area contributed by atoms with Crippen LogP contribution in [0.15, 0.2) is 41.3 Å². The van der Waals surface area contributed by atoms with Crippen molar-refractivity contribution in [3.05, 3.63) is 58.3 Å². The molecule has 2 atom stereocenters. The van der Waals surface area contributed by atoms with Crippen LogP contribution < -0.4 is 10.9 Å². The summed E-state index contributed by atoms with van der Waals surface area (Å²) in [5.41, 5.74) is 1.94. The fourth-order valence-electron chi connectivity index (χ4n) is 2.99. The predicted molar refractivity (Wildman–Crippen MR) is 85.2 cm³/mol. The molecule has 0 spiro atoms. The fourth-order valence-corrected chi connectivity index (χ4v) is 2.99. The Morgan fingerprint density at radius 2 is 2.13 bits per heavy atom. The average molecular weight is 312 g/mol. The number of hydrogen-bond donors (Lipinski definition) is 1. The van der Waals surface area contributed by atoms with Crippen molar-refractivity contribution in [1.29, 1.82) is 0 Å². The lowest BCUT2D eigenvalue weighted by molar-refractivity contribution is 0.180. The molecule has 23 heavy (non-hydrogen) atoms. The van der Waals surface area contributed by atoms with E-state index in [1.165, 1.54) is 12.8 Å². The van der Waals surface area contributed by atoms with Gasteiger partial charge in [-0.05, 0) is 31.0 Å². The summed E-state index contributed by atoms with van der Waals surface area (Å²) in [6.45, 7) is 1.75. The van der Waals surface area contributed by atoms with E-state index in [1.807, 2.05) is 24.3 Å². The molecule has 1 saturated heterocycles. The second-order valence-corrected chi connectivity index (χ2v) is 6.23. The summed E-state index contributed by atoms with van der Waals surface area (Å²) in [4.78, 5) is 16.5. The number of rotatable bonds is 5. The summed E-state index contributed by atoms with van der Waals surface area (Å²) in [5.74, 6) is 0.532. The van der Waals surface area contributed by atoms with Gasteiger partial charge >= 0.3 is 0 Å². The molecule has 1 saturated carbocycles. The Kier molecular flexibility index (Phi) is 3.93. The molecule has 120 valence electrons. The zero-order valence-electron chi connectivity index (χ0n) is 12.9. The highest BCUT2D eigenvalue weighted by molar-refractivity contribution is 5.13. The summed E-state index contributed by atoms with van der Waals surface area (Å²) in [6.07, 6.45) is 4.13.